The second-order valence-corrected chi connectivity index (χ2v) is 5.97. The largest absolute Gasteiger partial charge is 0.378 e. The van der Waals surface area contributed by atoms with Crippen molar-refractivity contribution in [1.29, 1.82) is 0 Å². The van der Waals surface area contributed by atoms with E-state index in [-0.39, 0.29) is 0 Å². The minimum atomic E-state index is 0.589. The van der Waals surface area contributed by atoms with Crippen molar-refractivity contribution in [3.8, 4) is 0 Å². The third-order valence-electron chi connectivity index (χ3n) is 4.07. The zero-order valence-corrected chi connectivity index (χ0v) is 11.9. The fraction of sp³-hybridized carbons (Fsp3) is 1.00. The van der Waals surface area contributed by atoms with Gasteiger partial charge in [0, 0.05) is 13.2 Å². The molecule has 2 saturated carbocycles. The molecule has 0 amide bonds. The van der Waals surface area contributed by atoms with E-state index in [4.69, 9.17) is 9.47 Å². The molecule has 18 heavy (non-hydrogen) atoms. The van der Waals surface area contributed by atoms with Crippen LogP contribution in [-0.2, 0) is 9.47 Å². The van der Waals surface area contributed by atoms with Crippen molar-refractivity contribution >= 4 is 0 Å². The first-order valence-electron chi connectivity index (χ1n) is 8.18. The molecule has 0 N–H and O–H groups in total. The van der Waals surface area contributed by atoms with Crippen molar-refractivity contribution in [1.82, 2.24) is 0 Å². The van der Waals surface area contributed by atoms with E-state index in [1.54, 1.807) is 0 Å². The van der Waals surface area contributed by atoms with Gasteiger partial charge in [0.1, 0.15) is 0 Å². The van der Waals surface area contributed by atoms with E-state index in [0.717, 1.165) is 13.2 Å². The number of rotatable bonds is 10. The van der Waals surface area contributed by atoms with Gasteiger partial charge in [0.2, 0.25) is 0 Å². The van der Waals surface area contributed by atoms with E-state index in [0.29, 0.717) is 12.2 Å². The van der Waals surface area contributed by atoms with Crippen LogP contribution in [0.1, 0.15) is 77.0 Å². The molecule has 2 fully saturated rings. The van der Waals surface area contributed by atoms with E-state index < -0.39 is 0 Å². The molecule has 2 heteroatoms. The van der Waals surface area contributed by atoms with Crippen molar-refractivity contribution in [3.63, 3.8) is 0 Å². The topological polar surface area (TPSA) is 18.5 Å². The molecule has 0 aromatic rings. The highest BCUT2D eigenvalue weighted by molar-refractivity contribution is 4.72. The van der Waals surface area contributed by atoms with Gasteiger partial charge in [-0.05, 0) is 38.5 Å². The van der Waals surface area contributed by atoms with Crippen LogP contribution < -0.4 is 0 Å². The van der Waals surface area contributed by atoms with Gasteiger partial charge in [-0.15, -0.1) is 0 Å². The molecule has 0 heterocycles. The highest BCUT2D eigenvalue weighted by atomic mass is 16.5. The van der Waals surface area contributed by atoms with Crippen molar-refractivity contribution in [3.05, 3.63) is 0 Å². The molecular formula is C16H30O2. The molecule has 2 rings (SSSR count). The fourth-order valence-corrected chi connectivity index (χ4v) is 2.70. The van der Waals surface area contributed by atoms with Crippen LogP contribution in [0.3, 0.4) is 0 Å². The lowest BCUT2D eigenvalue weighted by Crippen LogP contribution is -2.17. The summed E-state index contributed by atoms with van der Waals surface area (Å²) >= 11 is 0. The molecule has 0 aliphatic heterocycles. The van der Waals surface area contributed by atoms with Gasteiger partial charge in [0.25, 0.3) is 0 Å². The predicted octanol–water partition coefficient (Wildman–Crippen LogP) is 4.47. The number of ether oxygens (including phenoxy) is 2. The number of hydrogen-bond acceptors (Lipinski definition) is 2. The Hall–Kier alpha value is -0.0800. The smallest absolute Gasteiger partial charge is 0.0577 e. The Bertz CT molecular complexity index is 195. The molecule has 0 bridgehead atoms. The lowest BCUT2D eigenvalue weighted by molar-refractivity contribution is 0.0262. The summed E-state index contributed by atoms with van der Waals surface area (Å²) in [5.74, 6) is 0. The van der Waals surface area contributed by atoms with Crippen LogP contribution in [0, 0.1) is 0 Å². The normalized spacial score (nSPS) is 21.3. The average Bonchev–Trinajstić information content (AvgIpc) is 3.22. The van der Waals surface area contributed by atoms with Crippen molar-refractivity contribution < 1.29 is 9.47 Å². The highest BCUT2D eigenvalue weighted by Crippen LogP contribution is 2.23. The van der Waals surface area contributed by atoms with E-state index in [1.807, 2.05) is 0 Å². The first kappa shape index (κ1) is 14.3. The van der Waals surface area contributed by atoms with E-state index >= 15 is 0 Å². The fourth-order valence-electron chi connectivity index (χ4n) is 2.70. The molecular weight excluding hydrogens is 224 g/mol. The summed E-state index contributed by atoms with van der Waals surface area (Å²) in [6, 6.07) is 0. The van der Waals surface area contributed by atoms with Gasteiger partial charge in [0.05, 0.1) is 12.2 Å². The molecule has 2 aliphatic rings. The standard InChI is InChI=1S/C16H30O2/c1(3-8-14-18-16-11-12-16)2-7-13-17-15-9-5-4-6-10-15/h15-16H,1-14H2. The van der Waals surface area contributed by atoms with E-state index in [9.17, 15) is 0 Å². The first-order valence-corrected chi connectivity index (χ1v) is 8.18. The lowest BCUT2D eigenvalue weighted by Gasteiger charge is -2.21. The maximum absolute atomic E-state index is 5.93. The van der Waals surface area contributed by atoms with Crippen molar-refractivity contribution in [2.75, 3.05) is 13.2 Å². The third kappa shape index (κ3) is 6.75. The number of unbranched alkanes of at least 4 members (excludes halogenated alkanes) is 4. The van der Waals surface area contributed by atoms with Crippen LogP contribution in [0.15, 0.2) is 0 Å². The number of hydrogen-bond donors (Lipinski definition) is 0. The van der Waals surface area contributed by atoms with Crippen LogP contribution >= 0.6 is 0 Å². The monoisotopic (exact) mass is 254 g/mol. The lowest BCUT2D eigenvalue weighted by atomic mass is 9.98. The minimum absolute atomic E-state index is 0.589. The van der Waals surface area contributed by atoms with Gasteiger partial charge in [-0.25, -0.2) is 0 Å². The van der Waals surface area contributed by atoms with Crippen LogP contribution in [-0.4, -0.2) is 25.4 Å². The van der Waals surface area contributed by atoms with Crippen molar-refractivity contribution in [2.45, 2.75) is 89.3 Å². The SMILES string of the molecule is C(CCCOC1CCCCC1)CCCOC1CC1. The Balaban J connectivity index is 1.28. The van der Waals surface area contributed by atoms with Crippen LogP contribution in [0.25, 0.3) is 0 Å². The summed E-state index contributed by atoms with van der Waals surface area (Å²) in [6.45, 7) is 1.98. The Labute approximate surface area is 112 Å². The summed E-state index contributed by atoms with van der Waals surface area (Å²) in [5.41, 5.74) is 0. The molecule has 2 aliphatic carbocycles. The van der Waals surface area contributed by atoms with Gasteiger partial charge in [-0.2, -0.15) is 0 Å². The molecule has 106 valence electrons. The van der Waals surface area contributed by atoms with Crippen LogP contribution in [0.4, 0.5) is 0 Å². The molecule has 0 saturated heterocycles. The van der Waals surface area contributed by atoms with E-state index in [2.05, 4.69) is 0 Å². The second kappa shape index (κ2) is 8.92. The second-order valence-electron chi connectivity index (χ2n) is 5.97. The summed E-state index contributed by atoms with van der Waals surface area (Å²) in [5, 5.41) is 0. The van der Waals surface area contributed by atoms with Gasteiger partial charge in [-0.1, -0.05) is 38.5 Å². The summed E-state index contributed by atoms with van der Waals surface area (Å²) in [4.78, 5) is 0. The maximum atomic E-state index is 5.93. The summed E-state index contributed by atoms with van der Waals surface area (Å²) in [6.07, 6.45) is 17.1. The van der Waals surface area contributed by atoms with Gasteiger partial charge in [0.15, 0.2) is 0 Å². The Morgan fingerprint density at radius 2 is 1.06 bits per heavy atom. The molecule has 0 atom stereocenters. The Kier molecular flexibility index (Phi) is 7.11. The van der Waals surface area contributed by atoms with Gasteiger partial charge >= 0.3 is 0 Å². The maximum Gasteiger partial charge on any atom is 0.0577 e. The summed E-state index contributed by atoms with van der Waals surface area (Å²) < 4.78 is 11.6. The molecule has 0 spiro atoms. The third-order valence-corrected chi connectivity index (χ3v) is 4.07. The molecule has 0 unspecified atom stereocenters. The highest BCUT2D eigenvalue weighted by Gasteiger charge is 2.21. The first-order chi connectivity index (χ1) is 8.95. The van der Waals surface area contributed by atoms with Crippen molar-refractivity contribution in [2.24, 2.45) is 0 Å². The zero-order chi connectivity index (χ0) is 12.5. The van der Waals surface area contributed by atoms with Gasteiger partial charge in [-0.3, -0.25) is 0 Å². The Morgan fingerprint density at radius 3 is 1.61 bits per heavy atom. The molecule has 0 aromatic carbocycles. The van der Waals surface area contributed by atoms with Crippen LogP contribution in [0.2, 0.25) is 0 Å². The zero-order valence-electron chi connectivity index (χ0n) is 11.9. The average molecular weight is 254 g/mol. The predicted molar refractivity (Wildman–Crippen MR) is 74.9 cm³/mol. The Morgan fingerprint density at radius 1 is 0.556 bits per heavy atom. The minimum Gasteiger partial charge on any atom is -0.378 e. The van der Waals surface area contributed by atoms with Crippen LogP contribution in [0.5, 0.6) is 0 Å². The molecule has 0 radical (unpaired) electrons. The van der Waals surface area contributed by atoms with E-state index in [1.165, 1.54) is 77.0 Å². The molecule has 2 nitrogen and oxygen atoms in total. The quantitative estimate of drug-likeness (QED) is 0.536. The molecule has 0 aromatic heterocycles. The van der Waals surface area contributed by atoms with Gasteiger partial charge < -0.3 is 9.47 Å². The summed E-state index contributed by atoms with van der Waals surface area (Å²) in [7, 11) is 0.